The second kappa shape index (κ2) is 10.3. The number of urea groups is 1. The molecule has 1 unspecified atom stereocenters. The number of rotatable bonds is 8. The lowest BCUT2D eigenvalue weighted by atomic mass is 10.1. The number of benzene rings is 1. The maximum Gasteiger partial charge on any atom is 0.315 e. The van der Waals surface area contributed by atoms with Crippen LogP contribution in [-0.2, 0) is 17.8 Å². The summed E-state index contributed by atoms with van der Waals surface area (Å²) in [5.41, 5.74) is 2.42. The molecule has 0 spiro atoms. The van der Waals surface area contributed by atoms with Crippen molar-refractivity contribution < 1.29 is 9.53 Å². The molecule has 5 nitrogen and oxygen atoms in total. The second-order valence-corrected chi connectivity index (χ2v) is 6.55. The smallest absolute Gasteiger partial charge is 0.315 e. The van der Waals surface area contributed by atoms with Gasteiger partial charge in [0, 0.05) is 32.7 Å². The Balaban J connectivity index is 1.74. The van der Waals surface area contributed by atoms with Gasteiger partial charge in [0.15, 0.2) is 0 Å². The first-order valence-corrected chi connectivity index (χ1v) is 9.11. The molecule has 1 atom stereocenters. The van der Waals surface area contributed by atoms with E-state index in [2.05, 4.69) is 53.6 Å². The summed E-state index contributed by atoms with van der Waals surface area (Å²) >= 11 is 0. The minimum atomic E-state index is -0.0847. The van der Waals surface area contributed by atoms with Crippen molar-refractivity contribution in [3.63, 3.8) is 0 Å². The maximum atomic E-state index is 11.8. The number of ether oxygens (including phenoxy) is 1. The minimum Gasteiger partial charge on any atom is -0.376 e. The quantitative estimate of drug-likeness (QED) is 0.719. The largest absolute Gasteiger partial charge is 0.376 e. The van der Waals surface area contributed by atoms with E-state index in [0.29, 0.717) is 12.6 Å². The molecular formula is C19H31N3O2. The lowest BCUT2D eigenvalue weighted by Gasteiger charge is -2.31. The first kappa shape index (κ1) is 18.7. The predicted molar refractivity (Wildman–Crippen MR) is 96.9 cm³/mol. The van der Waals surface area contributed by atoms with Gasteiger partial charge < -0.3 is 15.4 Å². The van der Waals surface area contributed by atoms with Crippen molar-refractivity contribution in [1.82, 2.24) is 15.5 Å². The fraction of sp³-hybridized carbons (Fsp3) is 0.632. The Morgan fingerprint density at radius 1 is 1.29 bits per heavy atom. The van der Waals surface area contributed by atoms with E-state index in [1.165, 1.54) is 5.56 Å². The molecular weight excluding hydrogens is 302 g/mol. The Kier molecular flexibility index (Phi) is 8.05. The fourth-order valence-electron chi connectivity index (χ4n) is 2.95. The van der Waals surface area contributed by atoms with Crippen molar-refractivity contribution in [3.8, 4) is 0 Å². The number of carbonyl (C=O) groups excluding carboxylic acids is 1. The highest BCUT2D eigenvalue weighted by Gasteiger charge is 2.16. The first-order valence-electron chi connectivity index (χ1n) is 9.11. The van der Waals surface area contributed by atoms with Crippen LogP contribution in [0.3, 0.4) is 0 Å². The van der Waals surface area contributed by atoms with Crippen molar-refractivity contribution in [1.29, 1.82) is 0 Å². The molecule has 1 aliphatic heterocycles. The van der Waals surface area contributed by atoms with Crippen LogP contribution in [-0.4, -0.2) is 43.3 Å². The normalized spacial score (nSPS) is 18.3. The van der Waals surface area contributed by atoms with Gasteiger partial charge in [0.05, 0.1) is 12.7 Å². The number of nitrogens with zero attached hydrogens (tertiary/aromatic N) is 1. The van der Waals surface area contributed by atoms with E-state index in [9.17, 15) is 4.79 Å². The average Bonchev–Trinajstić information content (AvgIpc) is 2.57. The molecule has 2 N–H and O–H groups in total. The molecule has 0 radical (unpaired) electrons. The minimum absolute atomic E-state index is 0.0847. The van der Waals surface area contributed by atoms with Crippen LogP contribution < -0.4 is 10.6 Å². The summed E-state index contributed by atoms with van der Waals surface area (Å²) < 4.78 is 5.59. The summed E-state index contributed by atoms with van der Waals surface area (Å²) in [5.74, 6) is 0. The van der Waals surface area contributed by atoms with E-state index in [0.717, 1.165) is 57.6 Å². The number of hydrogen-bond donors (Lipinski definition) is 2. The van der Waals surface area contributed by atoms with Gasteiger partial charge in [0.25, 0.3) is 0 Å². The van der Waals surface area contributed by atoms with Gasteiger partial charge in [0.1, 0.15) is 0 Å². The van der Waals surface area contributed by atoms with Crippen molar-refractivity contribution >= 4 is 6.03 Å². The standard InChI is InChI=1S/C19H31N3O2/c1-3-4-5-9-20-19(23)21-13-17-7-6-8-18(12-17)15-22-10-11-24-16(2)14-22/h6-8,12,16H,3-5,9-11,13-15H2,1-2H3,(H2,20,21,23). The van der Waals surface area contributed by atoms with Crippen LogP contribution in [0.2, 0.25) is 0 Å². The van der Waals surface area contributed by atoms with Gasteiger partial charge in [-0.1, -0.05) is 44.0 Å². The molecule has 1 aliphatic rings. The van der Waals surface area contributed by atoms with Gasteiger partial charge in [-0.3, -0.25) is 4.90 Å². The summed E-state index contributed by atoms with van der Waals surface area (Å²) in [6.07, 6.45) is 3.66. The van der Waals surface area contributed by atoms with Crippen LogP contribution in [0.25, 0.3) is 0 Å². The third-order valence-electron chi connectivity index (χ3n) is 4.24. The highest BCUT2D eigenvalue weighted by Crippen LogP contribution is 2.12. The average molecular weight is 333 g/mol. The van der Waals surface area contributed by atoms with Crippen LogP contribution in [0.15, 0.2) is 24.3 Å². The number of hydrogen-bond acceptors (Lipinski definition) is 3. The van der Waals surface area contributed by atoms with Crippen molar-refractivity contribution in [2.75, 3.05) is 26.2 Å². The molecule has 0 saturated carbocycles. The Labute approximate surface area is 145 Å². The van der Waals surface area contributed by atoms with Crippen LogP contribution in [0.1, 0.15) is 44.2 Å². The van der Waals surface area contributed by atoms with Gasteiger partial charge >= 0.3 is 6.03 Å². The van der Waals surface area contributed by atoms with E-state index >= 15 is 0 Å². The number of nitrogens with one attached hydrogen (secondary N) is 2. The monoisotopic (exact) mass is 333 g/mol. The van der Waals surface area contributed by atoms with E-state index < -0.39 is 0 Å². The molecule has 0 aliphatic carbocycles. The molecule has 5 heteroatoms. The molecule has 2 rings (SSSR count). The van der Waals surface area contributed by atoms with Crippen molar-refractivity contribution in [3.05, 3.63) is 35.4 Å². The zero-order chi connectivity index (χ0) is 17.2. The first-order chi connectivity index (χ1) is 11.7. The summed E-state index contributed by atoms with van der Waals surface area (Å²) in [6.45, 7) is 9.28. The molecule has 0 aromatic heterocycles. The molecule has 1 heterocycles. The molecule has 1 fully saturated rings. The van der Waals surface area contributed by atoms with Crippen LogP contribution in [0.5, 0.6) is 0 Å². The molecule has 2 amide bonds. The Morgan fingerprint density at radius 2 is 2.12 bits per heavy atom. The third kappa shape index (κ3) is 6.89. The Bertz CT molecular complexity index is 507. The highest BCUT2D eigenvalue weighted by atomic mass is 16.5. The SMILES string of the molecule is CCCCCNC(=O)NCc1cccc(CN2CCOC(C)C2)c1. The van der Waals surface area contributed by atoms with Gasteiger partial charge in [-0.15, -0.1) is 0 Å². The second-order valence-electron chi connectivity index (χ2n) is 6.55. The van der Waals surface area contributed by atoms with E-state index in [1.54, 1.807) is 0 Å². The third-order valence-corrected chi connectivity index (χ3v) is 4.24. The Hall–Kier alpha value is -1.59. The summed E-state index contributed by atoms with van der Waals surface area (Å²) in [7, 11) is 0. The molecule has 1 saturated heterocycles. The number of morpholine rings is 1. The van der Waals surface area contributed by atoms with Crippen LogP contribution in [0, 0.1) is 0 Å². The topological polar surface area (TPSA) is 53.6 Å². The van der Waals surface area contributed by atoms with Gasteiger partial charge in [-0.2, -0.15) is 0 Å². The van der Waals surface area contributed by atoms with Crippen molar-refractivity contribution in [2.45, 2.75) is 52.3 Å². The van der Waals surface area contributed by atoms with Gasteiger partial charge in [0.2, 0.25) is 0 Å². The van der Waals surface area contributed by atoms with Gasteiger partial charge in [-0.25, -0.2) is 4.79 Å². The predicted octanol–water partition coefficient (Wildman–Crippen LogP) is 2.90. The number of unbranched alkanes of at least 4 members (excludes halogenated alkanes) is 2. The number of amides is 2. The van der Waals surface area contributed by atoms with Crippen LogP contribution in [0.4, 0.5) is 4.79 Å². The molecule has 24 heavy (non-hydrogen) atoms. The molecule has 134 valence electrons. The van der Waals surface area contributed by atoms with Crippen LogP contribution >= 0.6 is 0 Å². The lowest BCUT2D eigenvalue weighted by molar-refractivity contribution is -0.0212. The zero-order valence-corrected chi connectivity index (χ0v) is 15.0. The Morgan fingerprint density at radius 3 is 2.92 bits per heavy atom. The number of carbonyl (C=O) groups is 1. The highest BCUT2D eigenvalue weighted by molar-refractivity contribution is 5.73. The maximum absolute atomic E-state index is 11.8. The molecule has 1 aromatic carbocycles. The van der Waals surface area contributed by atoms with E-state index in [1.807, 2.05) is 0 Å². The van der Waals surface area contributed by atoms with Gasteiger partial charge in [-0.05, 0) is 24.5 Å². The summed E-state index contributed by atoms with van der Waals surface area (Å²) in [6, 6.07) is 8.36. The lowest BCUT2D eigenvalue weighted by Crippen LogP contribution is -2.40. The fourth-order valence-corrected chi connectivity index (χ4v) is 2.95. The van der Waals surface area contributed by atoms with E-state index in [4.69, 9.17) is 4.74 Å². The van der Waals surface area contributed by atoms with E-state index in [-0.39, 0.29) is 6.03 Å². The summed E-state index contributed by atoms with van der Waals surface area (Å²) in [5, 5.41) is 5.83. The molecule has 1 aromatic rings. The summed E-state index contributed by atoms with van der Waals surface area (Å²) in [4.78, 5) is 14.2. The van der Waals surface area contributed by atoms with Crippen molar-refractivity contribution in [2.24, 2.45) is 0 Å². The molecule has 0 bridgehead atoms. The zero-order valence-electron chi connectivity index (χ0n) is 15.0.